The van der Waals surface area contributed by atoms with Gasteiger partial charge in [0.25, 0.3) is 0 Å². The van der Waals surface area contributed by atoms with Crippen molar-refractivity contribution >= 4 is 0 Å². The molecule has 0 radical (unpaired) electrons. The van der Waals surface area contributed by atoms with Gasteiger partial charge in [0.15, 0.2) is 0 Å². The third kappa shape index (κ3) is 6.43. The summed E-state index contributed by atoms with van der Waals surface area (Å²) in [6.45, 7) is 6.50. The molecule has 0 spiro atoms. The normalized spacial score (nSPS) is 33.9. The molecule has 0 bridgehead atoms. The zero-order valence-electron chi connectivity index (χ0n) is 10.0. The number of hydrogen-bond donors (Lipinski definition) is 0. The van der Waals surface area contributed by atoms with Gasteiger partial charge in [0.1, 0.15) is 12.2 Å². The van der Waals surface area contributed by atoms with Crippen molar-refractivity contribution in [3.8, 4) is 0 Å². The summed E-state index contributed by atoms with van der Waals surface area (Å²) in [7, 11) is 0. The lowest BCUT2D eigenvalue weighted by molar-refractivity contribution is 0.102. The number of epoxide rings is 3. The predicted octanol–water partition coefficient (Wildman–Crippen LogP) is 1.38. The lowest BCUT2D eigenvalue weighted by atomic mass is 10.2. The first kappa shape index (κ1) is 12.3. The maximum atomic E-state index is 5.23. The van der Waals surface area contributed by atoms with E-state index in [2.05, 4.69) is 6.92 Å². The maximum absolute atomic E-state index is 5.23. The van der Waals surface area contributed by atoms with E-state index in [1.165, 1.54) is 19.3 Å². The molecule has 0 aromatic carbocycles. The van der Waals surface area contributed by atoms with Gasteiger partial charge >= 0.3 is 0 Å². The number of rotatable bonds is 7. The van der Waals surface area contributed by atoms with E-state index in [-0.39, 0.29) is 0 Å². The monoisotopic (exact) mass is 230 g/mol. The molecule has 3 heterocycles. The molecule has 0 N–H and O–H groups in total. The van der Waals surface area contributed by atoms with Crippen LogP contribution in [0, 0.1) is 0 Å². The van der Waals surface area contributed by atoms with E-state index in [9.17, 15) is 0 Å². The quantitative estimate of drug-likeness (QED) is 0.620. The summed E-state index contributed by atoms with van der Waals surface area (Å²) in [4.78, 5) is 0. The molecule has 94 valence electrons. The summed E-state index contributed by atoms with van der Waals surface area (Å²) >= 11 is 0. The van der Waals surface area contributed by atoms with Crippen LogP contribution < -0.4 is 0 Å². The molecule has 3 aliphatic rings. The minimum absolute atomic E-state index is 0.392. The Morgan fingerprint density at radius 1 is 0.938 bits per heavy atom. The first-order chi connectivity index (χ1) is 7.88. The van der Waals surface area contributed by atoms with Crippen LogP contribution in [-0.2, 0) is 18.9 Å². The highest BCUT2D eigenvalue weighted by Crippen LogP contribution is 2.15. The van der Waals surface area contributed by atoms with Crippen LogP contribution in [0.15, 0.2) is 0 Å². The highest BCUT2D eigenvalue weighted by molar-refractivity contribution is 4.71. The van der Waals surface area contributed by atoms with Crippen LogP contribution in [0.25, 0.3) is 0 Å². The van der Waals surface area contributed by atoms with Crippen molar-refractivity contribution in [3.05, 3.63) is 0 Å². The van der Waals surface area contributed by atoms with Crippen molar-refractivity contribution in [2.24, 2.45) is 0 Å². The Morgan fingerprint density at radius 2 is 1.44 bits per heavy atom. The Balaban J connectivity index is 0.000000125. The highest BCUT2D eigenvalue weighted by Gasteiger charge is 2.26. The smallest absolute Gasteiger partial charge is 0.104 e. The van der Waals surface area contributed by atoms with Crippen LogP contribution >= 0.6 is 0 Å². The SMILES string of the molecule is C(OCC1CO1)C1CO1.CCCCC1CO1. The molecule has 3 unspecified atom stereocenters. The molecule has 3 fully saturated rings. The van der Waals surface area contributed by atoms with Crippen molar-refractivity contribution in [2.45, 2.75) is 44.5 Å². The summed E-state index contributed by atoms with van der Waals surface area (Å²) < 4.78 is 20.1. The van der Waals surface area contributed by atoms with E-state index in [0.717, 1.165) is 33.0 Å². The van der Waals surface area contributed by atoms with Gasteiger partial charge in [0.2, 0.25) is 0 Å². The van der Waals surface area contributed by atoms with Gasteiger partial charge < -0.3 is 18.9 Å². The zero-order valence-corrected chi connectivity index (χ0v) is 10.0. The first-order valence-electron chi connectivity index (χ1n) is 6.31. The van der Waals surface area contributed by atoms with Crippen LogP contribution in [-0.4, -0.2) is 51.3 Å². The van der Waals surface area contributed by atoms with E-state index in [1.54, 1.807) is 0 Å². The van der Waals surface area contributed by atoms with Crippen LogP contribution in [0.4, 0.5) is 0 Å². The van der Waals surface area contributed by atoms with Gasteiger partial charge in [-0.15, -0.1) is 0 Å². The molecule has 3 aliphatic heterocycles. The zero-order chi connectivity index (χ0) is 11.2. The number of unbranched alkanes of at least 4 members (excludes halogenated alkanes) is 1. The molecule has 4 heteroatoms. The van der Waals surface area contributed by atoms with Crippen LogP contribution in [0.5, 0.6) is 0 Å². The van der Waals surface area contributed by atoms with Gasteiger partial charge in [0, 0.05) is 0 Å². The third-order valence-electron chi connectivity index (χ3n) is 2.69. The fourth-order valence-corrected chi connectivity index (χ4v) is 1.33. The summed E-state index contributed by atoms with van der Waals surface area (Å²) in [6.07, 6.45) is 5.37. The molecule has 0 aromatic rings. The van der Waals surface area contributed by atoms with E-state index < -0.39 is 0 Å². The van der Waals surface area contributed by atoms with Crippen molar-refractivity contribution in [1.29, 1.82) is 0 Å². The van der Waals surface area contributed by atoms with Gasteiger partial charge in [0.05, 0.1) is 39.1 Å². The Morgan fingerprint density at radius 3 is 1.81 bits per heavy atom. The number of ether oxygens (including phenoxy) is 4. The minimum Gasteiger partial charge on any atom is -0.376 e. The molecular weight excluding hydrogens is 208 g/mol. The average molecular weight is 230 g/mol. The largest absolute Gasteiger partial charge is 0.376 e. The second-order valence-electron chi connectivity index (χ2n) is 4.55. The van der Waals surface area contributed by atoms with Crippen molar-refractivity contribution in [3.63, 3.8) is 0 Å². The van der Waals surface area contributed by atoms with E-state index in [4.69, 9.17) is 18.9 Å². The Hall–Kier alpha value is -0.160. The van der Waals surface area contributed by atoms with Crippen LogP contribution in [0.1, 0.15) is 26.2 Å². The molecule has 0 saturated carbocycles. The standard InChI is InChI=1S/C6H10O3.C6H12O/c1(5-3-8-5)7-2-6-4-9-6;1-2-3-4-6-5-7-6/h5-6H,1-4H2;6H,2-5H2,1H3. The van der Waals surface area contributed by atoms with E-state index in [1.807, 2.05) is 0 Å². The molecular formula is C12H22O4. The van der Waals surface area contributed by atoms with Crippen molar-refractivity contribution < 1.29 is 18.9 Å². The van der Waals surface area contributed by atoms with Crippen LogP contribution in [0.3, 0.4) is 0 Å². The minimum atomic E-state index is 0.392. The highest BCUT2D eigenvalue weighted by atomic mass is 16.6. The molecule has 3 rings (SSSR count). The summed E-state index contributed by atoms with van der Waals surface area (Å²) in [5.41, 5.74) is 0. The van der Waals surface area contributed by atoms with Gasteiger partial charge in [-0.2, -0.15) is 0 Å². The Labute approximate surface area is 97.2 Å². The molecule has 0 aliphatic carbocycles. The molecule has 16 heavy (non-hydrogen) atoms. The topological polar surface area (TPSA) is 46.8 Å². The molecule has 4 nitrogen and oxygen atoms in total. The molecule has 3 saturated heterocycles. The van der Waals surface area contributed by atoms with Crippen LogP contribution in [0.2, 0.25) is 0 Å². The number of hydrogen-bond acceptors (Lipinski definition) is 4. The predicted molar refractivity (Wildman–Crippen MR) is 59.6 cm³/mol. The lowest BCUT2D eigenvalue weighted by Gasteiger charge is -1.95. The first-order valence-corrected chi connectivity index (χ1v) is 6.31. The summed E-state index contributed by atoms with van der Waals surface area (Å²) in [6, 6.07) is 0. The van der Waals surface area contributed by atoms with Gasteiger partial charge in [-0.05, 0) is 6.42 Å². The average Bonchev–Trinajstić information content (AvgIpc) is 3.16. The summed E-state index contributed by atoms with van der Waals surface area (Å²) in [5.74, 6) is 0. The Bertz CT molecular complexity index is 173. The molecule has 0 amide bonds. The van der Waals surface area contributed by atoms with E-state index >= 15 is 0 Å². The Kier molecular flexibility index (Phi) is 5.03. The van der Waals surface area contributed by atoms with E-state index in [0.29, 0.717) is 18.3 Å². The van der Waals surface area contributed by atoms with Gasteiger partial charge in [-0.1, -0.05) is 19.8 Å². The second-order valence-corrected chi connectivity index (χ2v) is 4.55. The molecule has 3 atom stereocenters. The van der Waals surface area contributed by atoms with Crippen molar-refractivity contribution in [2.75, 3.05) is 33.0 Å². The summed E-state index contributed by atoms with van der Waals surface area (Å²) in [5, 5.41) is 0. The fraction of sp³-hybridized carbons (Fsp3) is 1.00. The van der Waals surface area contributed by atoms with Gasteiger partial charge in [-0.25, -0.2) is 0 Å². The lowest BCUT2D eigenvalue weighted by Crippen LogP contribution is -2.06. The third-order valence-corrected chi connectivity index (χ3v) is 2.69. The maximum Gasteiger partial charge on any atom is 0.104 e. The fourth-order valence-electron chi connectivity index (χ4n) is 1.33. The molecule has 0 aromatic heterocycles. The van der Waals surface area contributed by atoms with Crippen molar-refractivity contribution in [1.82, 2.24) is 0 Å². The van der Waals surface area contributed by atoms with Gasteiger partial charge in [-0.3, -0.25) is 0 Å². The second kappa shape index (κ2) is 6.55.